The summed E-state index contributed by atoms with van der Waals surface area (Å²) in [5.41, 5.74) is 2.25. The lowest BCUT2D eigenvalue weighted by Crippen LogP contribution is -2.22. The SMILES string of the molecule is CC1=C(c2ccc(SSc3ccc(C4=C(C)C(=O)NC4=O)c(Cl)c3)cc2Cl)C(=O)NC1=O. The molecule has 0 spiro atoms. The predicted molar refractivity (Wildman–Crippen MR) is 126 cm³/mol. The van der Waals surface area contributed by atoms with E-state index in [2.05, 4.69) is 10.6 Å². The minimum atomic E-state index is -0.457. The molecule has 0 atom stereocenters. The van der Waals surface area contributed by atoms with Crippen LogP contribution in [0.3, 0.4) is 0 Å². The molecule has 0 saturated heterocycles. The molecule has 2 N–H and O–H groups in total. The van der Waals surface area contributed by atoms with Gasteiger partial charge in [0.15, 0.2) is 0 Å². The fourth-order valence-electron chi connectivity index (χ4n) is 3.33. The Bertz CT molecular complexity index is 1200. The van der Waals surface area contributed by atoms with Crippen molar-refractivity contribution in [2.45, 2.75) is 23.6 Å². The molecule has 32 heavy (non-hydrogen) atoms. The van der Waals surface area contributed by atoms with Gasteiger partial charge in [0.25, 0.3) is 23.6 Å². The van der Waals surface area contributed by atoms with Crippen molar-refractivity contribution >= 4 is 79.6 Å². The third kappa shape index (κ3) is 4.11. The molecule has 0 saturated carbocycles. The molecule has 4 rings (SSSR count). The molecular formula is C22H14Cl2N2O4S2. The van der Waals surface area contributed by atoms with Crippen molar-refractivity contribution < 1.29 is 19.2 Å². The molecule has 162 valence electrons. The molecule has 0 unspecified atom stereocenters. The molecule has 2 aromatic rings. The normalized spacial score (nSPS) is 16.2. The number of imide groups is 2. The van der Waals surface area contributed by atoms with Gasteiger partial charge in [-0.25, -0.2) is 0 Å². The minimum absolute atomic E-state index is 0.283. The fraction of sp³-hybridized carbons (Fsp3) is 0.0909. The molecule has 0 bridgehead atoms. The number of amides is 4. The van der Waals surface area contributed by atoms with E-state index < -0.39 is 23.6 Å². The quantitative estimate of drug-likeness (QED) is 0.454. The lowest BCUT2D eigenvalue weighted by atomic mass is 10.0. The molecule has 2 aliphatic rings. The van der Waals surface area contributed by atoms with Gasteiger partial charge >= 0.3 is 0 Å². The molecule has 0 aromatic heterocycles. The summed E-state index contributed by atoms with van der Waals surface area (Å²) >= 11 is 12.8. The summed E-state index contributed by atoms with van der Waals surface area (Å²) in [6.07, 6.45) is 0. The molecule has 2 aliphatic heterocycles. The van der Waals surface area contributed by atoms with Crippen LogP contribution in [0.4, 0.5) is 0 Å². The van der Waals surface area contributed by atoms with Crippen LogP contribution in [0, 0.1) is 0 Å². The van der Waals surface area contributed by atoms with E-state index in [1.807, 2.05) is 12.1 Å². The highest BCUT2D eigenvalue weighted by molar-refractivity contribution is 8.76. The summed E-state index contributed by atoms with van der Waals surface area (Å²) in [7, 11) is 2.87. The zero-order valence-corrected chi connectivity index (χ0v) is 19.8. The van der Waals surface area contributed by atoms with Gasteiger partial charge in [0.2, 0.25) is 0 Å². The van der Waals surface area contributed by atoms with Crippen molar-refractivity contribution in [1.82, 2.24) is 10.6 Å². The van der Waals surface area contributed by atoms with Gasteiger partial charge in [-0.3, -0.25) is 29.8 Å². The van der Waals surface area contributed by atoms with Gasteiger partial charge in [0, 0.05) is 42.1 Å². The Balaban J connectivity index is 1.51. The number of rotatable bonds is 5. The summed E-state index contributed by atoms with van der Waals surface area (Å²) in [4.78, 5) is 49.2. The highest BCUT2D eigenvalue weighted by Gasteiger charge is 2.30. The van der Waals surface area contributed by atoms with E-state index in [1.54, 1.807) is 38.1 Å². The van der Waals surface area contributed by atoms with Crippen molar-refractivity contribution in [2.24, 2.45) is 0 Å². The van der Waals surface area contributed by atoms with Crippen LogP contribution < -0.4 is 10.6 Å². The van der Waals surface area contributed by atoms with Crippen molar-refractivity contribution in [1.29, 1.82) is 0 Å². The number of halogens is 2. The average molecular weight is 505 g/mol. The molecule has 2 aromatic carbocycles. The van der Waals surface area contributed by atoms with E-state index in [1.165, 1.54) is 21.6 Å². The second-order valence-electron chi connectivity index (χ2n) is 7.02. The summed E-state index contributed by atoms with van der Waals surface area (Å²) < 4.78 is 0. The van der Waals surface area contributed by atoms with E-state index in [9.17, 15) is 19.2 Å². The van der Waals surface area contributed by atoms with E-state index >= 15 is 0 Å². The number of hydrogen-bond acceptors (Lipinski definition) is 6. The summed E-state index contributed by atoms with van der Waals surface area (Å²) in [5, 5.41) is 5.25. The van der Waals surface area contributed by atoms with Crippen LogP contribution in [0.5, 0.6) is 0 Å². The first-order valence-corrected chi connectivity index (χ1v) is 12.2. The highest BCUT2D eigenvalue weighted by Crippen LogP contribution is 2.42. The van der Waals surface area contributed by atoms with E-state index in [0.717, 1.165) is 9.79 Å². The molecule has 4 amide bonds. The van der Waals surface area contributed by atoms with Crippen LogP contribution >= 0.6 is 44.8 Å². The first kappa shape index (κ1) is 22.7. The maximum atomic E-state index is 12.0. The van der Waals surface area contributed by atoms with Gasteiger partial charge in [0.05, 0.1) is 11.1 Å². The maximum absolute atomic E-state index is 12.0. The second kappa shape index (κ2) is 8.78. The molecule has 10 heteroatoms. The molecule has 2 heterocycles. The zero-order valence-electron chi connectivity index (χ0n) is 16.7. The van der Waals surface area contributed by atoms with Crippen LogP contribution in [-0.4, -0.2) is 23.6 Å². The fourth-order valence-corrected chi connectivity index (χ4v) is 5.98. The lowest BCUT2D eigenvalue weighted by Gasteiger charge is -2.09. The van der Waals surface area contributed by atoms with Gasteiger partial charge < -0.3 is 0 Å². The van der Waals surface area contributed by atoms with Crippen molar-refractivity contribution in [2.75, 3.05) is 0 Å². The van der Waals surface area contributed by atoms with Crippen LogP contribution in [0.15, 0.2) is 57.3 Å². The monoisotopic (exact) mass is 504 g/mol. The molecule has 0 aliphatic carbocycles. The third-order valence-corrected chi connectivity index (χ3v) is 8.00. The Labute approximate surface area is 201 Å². The van der Waals surface area contributed by atoms with Crippen molar-refractivity contribution in [3.8, 4) is 0 Å². The van der Waals surface area contributed by atoms with E-state index in [0.29, 0.717) is 32.3 Å². The number of carbonyl (C=O) groups is 4. The van der Waals surface area contributed by atoms with Crippen molar-refractivity contribution in [3.05, 3.63) is 68.7 Å². The topological polar surface area (TPSA) is 92.3 Å². The average Bonchev–Trinajstić information content (AvgIpc) is 3.14. The first-order valence-electron chi connectivity index (χ1n) is 9.25. The van der Waals surface area contributed by atoms with E-state index in [-0.39, 0.29) is 11.1 Å². The summed E-state index contributed by atoms with van der Waals surface area (Å²) in [6, 6.07) is 10.5. The number of carbonyl (C=O) groups excluding carboxylic acids is 4. The number of hydrogen-bond donors (Lipinski definition) is 2. The molecular weight excluding hydrogens is 491 g/mol. The Morgan fingerprint density at radius 3 is 1.28 bits per heavy atom. The van der Waals surface area contributed by atoms with Crippen LogP contribution in [0.2, 0.25) is 10.0 Å². The summed E-state index contributed by atoms with van der Waals surface area (Å²) in [6.45, 7) is 3.17. The maximum Gasteiger partial charge on any atom is 0.259 e. The Morgan fingerprint density at radius 2 is 1.00 bits per heavy atom. The van der Waals surface area contributed by atoms with Crippen LogP contribution in [-0.2, 0) is 19.2 Å². The van der Waals surface area contributed by atoms with E-state index in [4.69, 9.17) is 23.2 Å². The predicted octanol–water partition coefficient (Wildman–Crippen LogP) is 4.65. The first-order chi connectivity index (χ1) is 15.2. The van der Waals surface area contributed by atoms with Gasteiger partial charge in [-0.1, -0.05) is 56.9 Å². The number of nitrogens with one attached hydrogen (secondary N) is 2. The van der Waals surface area contributed by atoms with Gasteiger partial charge in [0.1, 0.15) is 0 Å². The molecule has 6 nitrogen and oxygen atoms in total. The Kier molecular flexibility index (Phi) is 6.22. The standard InChI is InChI=1S/C22H14Cl2N2O4S2/c1-9-17(21(29)25-19(9)27)13-5-3-11(7-15(13)23)31-32-12-4-6-14(16(24)8-12)18-10(2)20(28)26-22(18)30/h3-8H,1-2H3,(H,25,27,29)(H,26,28,30). The lowest BCUT2D eigenvalue weighted by molar-refractivity contribution is -0.125. The van der Waals surface area contributed by atoms with Crippen LogP contribution in [0.1, 0.15) is 25.0 Å². The Hall–Kier alpha value is -2.52. The molecule has 0 radical (unpaired) electrons. The largest absolute Gasteiger partial charge is 0.288 e. The van der Waals surface area contributed by atoms with Gasteiger partial charge in [-0.2, -0.15) is 0 Å². The Morgan fingerprint density at radius 1 is 0.625 bits per heavy atom. The van der Waals surface area contributed by atoms with Crippen LogP contribution in [0.25, 0.3) is 11.1 Å². The number of benzene rings is 2. The smallest absolute Gasteiger partial charge is 0.259 e. The molecule has 0 fully saturated rings. The summed E-state index contributed by atoms with van der Waals surface area (Å²) in [5.74, 6) is -1.74. The zero-order chi connectivity index (χ0) is 23.2. The van der Waals surface area contributed by atoms with Gasteiger partial charge in [-0.15, -0.1) is 0 Å². The second-order valence-corrected chi connectivity index (χ2v) is 10.1. The minimum Gasteiger partial charge on any atom is -0.288 e. The highest BCUT2D eigenvalue weighted by atomic mass is 35.5. The van der Waals surface area contributed by atoms with Gasteiger partial charge in [-0.05, 0) is 38.1 Å². The third-order valence-electron chi connectivity index (χ3n) is 4.99. The van der Waals surface area contributed by atoms with Crippen molar-refractivity contribution in [3.63, 3.8) is 0 Å².